The molecule has 1 saturated heterocycles. The number of phosphoric acid groups is 1. The molecule has 0 radical (unpaired) electrons. The fraction of sp³-hybridized carbons (Fsp3) is 0.911. The molecule has 0 spiro atoms. The Morgan fingerprint density at radius 1 is 0.625 bits per heavy atom. The summed E-state index contributed by atoms with van der Waals surface area (Å²) in [5, 5.41) is 0. The van der Waals surface area contributed by atoms with Crippen molar-refractivity contribution in [1.29, 1.82) is 0 Å². The Morgan fingerprint density at radius 3 is 1.64 bits per heavy atom. The highest BCUT2D eigenvalue weighted by atomic mass is 31.2. The molecule has 1 fully saturated rings. The van der Waals surface area contributed by atoms with Crippen molar-refractivity contribution in [1.82, 2.24) is 0 Å². The molecule has 0 aromatic rings. The van der Waals surface area contributed by atoms with E-state index in [2.05, 4.69) is 26.0 Å². The van der Waals surface area contributed by atoms with Crippen LogP contribution in [0.25, 0.3) is 0 Å². The largest absolute Gasteiger partial charge is 0.472 e. The Balaban J connectivity index is 2.12. The third-order valence-corrected chi connectivity index (χ3v) is 11.6. The van der Waals surface area contributed by atoms with E-state index in [0.717, 1.165) is 57.8 Å². The van der Waals surface area contributed by atoms with Crippen molar-refractivity contribution in [3.63, 3.8) is 0 Å². The van der Waals surface area contributed by atoms with E-state index in [1.54, 1.807) is 0 Å². The van der Waals surface area contributed by atoms with Crippen LogP contribution in [-0.2, 0) is 37.4 Å². The molecule has 1 aliphatic rings. The summed E-state index contributed by atoms with van der Waals surface area (Å²) >= 11 is 0. The number of esters is 2. The summed E-state index contributed by atoms with van der Waals surface area (Å²) in [6.45, 7) is 3.71. The molecule has 56 heavy (non-hydrogen) atoms. The van der Waals surface area contributed by atoms with E-state index in [0.29, 0.717) is 18.6 Å². The second-order valence-corrected chi connectivity index (χ2v) is 17.5. The van der Waals surface area contributed by atoms with Gasteiger partial charge in [0, 0.05) is 19.4 Å². The minimum absolute atomic E-state index is 0.0512. The van der Waals surface area contributed by atoms with Crippen LogP contribution in [0.1, 0.15) is 219 Å². The molecule has 3 unspecified atom stereocenters. The molecule has 1 heterocycles. The van der Waals surface area contributed by atoms with Crippen LogP contribution in [0, 0.1) is 0 Å². The van der Waals surface area contributed by atoms with Crippen LogP contribution >= 0.6 is 7.82 Å². The Hall–Kier alpha value is -1.29. The van der Waals surface area contributed by atoms with Gasteiger partial charge in [0.2, 0.25) is 0 Å². The Labute approximate surface area is 343 Å². The van der Waals surface area contributed by atoms with Crippen LogP contribution in [0.2, 0.25) is 0 Å². The predicted octanol–water partition coefficient (Wildman–Crippen LogP) is 12.4. The third kappa shape index (κ3) is 34.7. The smallest absolute Gasteiger partial charge is 0.462 e. The zero-order valence-corrected chi connectivity index (χ0v) is 37.0. The van der Waals surface area contributed by atoms with Gasteiger partial charge >= 0.3 is 19.8 Å². The van der Waals surface area contributed by atoms with Gasteiger partial charge in [0.15, 0.2) is 6.10 Å². The Morgan fingerprint density at radius 2 is 1.11 bits per heavy atom. The molecular formula is C45H86NO9P. The average molecular weight is 816 g/mol. The van der Waals surface area contributed by atoms with Gasteiger partial charge in [-0.25, -0.2) is 4.57 Å². The maximum Gasteiger partial charge on any atom is 0.472 e. The molecule has 0 aromatic heterocycles. The number of rotatable bonds is 43. The van der Waals surface area contributed by atoms with Crippen LogP contribution in [-0.4, -0.2) is 61.5 Å². The lowest BCUT2D eigenvalue weighted by molar-refractivity contribution is -0.161. The van der Waals surface area contributed by atoms with E-state index in [1.807, 2.05) is 0 Å². The lowest BCUT2D eigenvalue weighted by Crippen LogP contribution is -2.29. The van der Waals surface area contributed by atoms with E-state index in [1.165, 1.54) is 128 Å². The topological polar surface area (TPSA) is 147 Å². The quantitative estimate of drug-likeness (QED) is 0.0200. The van der Waals surface area contributed by atoms with E-state index < -0.39 is 26.5 Å². The summed E-state index contributed by atoms with van der Waals surface area (Å²) in [5.74, 6) is -0.839. The van der Waals surface area contributed by atoms with Crippen molar-refractivity contribution in [3.8, 4) is 0 Å². The first-order valence-corrected chi connectivity index (χ1v) is 24.8. The molecule has 0 amide bonds. The lowest BCUT2D eigenvalue weighted by atomic mass is 10.0. The third-order valence-electron chi connectivity index (χ3n) is 10.6. The molecule has 0 saturated carbocycles. The normalized spacial score (nSPS) is 16.9. The monoisotopic (exact) mass is 816 g/mol. The molecule has 1 rings (SSSR count). The molecule has 0 aromatic carbocycles. The molecule has 4 atom stereocenters. The number of ether oxygens (including phenoxy) is 3. The van der Waals surface area contributed by atoms with Crippen molar-refractivity contribution in [2.45, 2.75) is 238 Å². The minimum atomic E-state index is -4.38. The lowest BCUT2D eigenvalue weighted by Gasteiger charge is -2.19. The molecule has 10 nitrogen and oxygen atoms in total. The van der Waals surface area contributed by atoms with E-state index in [-0.39, 0.29) is 38.6 Å². The van der Waals surface area contributed by atoms with Gasteiger partial charge in [0.05, 0.1) is 25.4 Å². The van der Waals surface area contributed by atoms with Gasteiger partial charge in [-0.3, -0.25) is 18.6 Å². The van der Waals surface area contributed by atoms with Crippen molar-refractivity contribution in [2.75, 3.05) is 26.4 Å². The average Bonchev–Trinajstić information content (AvgIpc) is 3.94. The number of hydrogen-bond donors (Lipinski definition) is 2. The highest BCUT2D eigenvalue weighted by molar-refractivity contribution is 7.47. The first-order valence-electron chi connectivity index (χ1n) is 23.3. The molecule has 1 aliphatic heterocycles. The second-order valence-electron chi connectivity index (χ2n) is 16.0. The minimum Gasteiger partial charge on any atom is -0.462 e. The summed E-state index contributed by atoms with van der Waals surface area (Å²) in [7, 11) is -4.38. The van der Waals surface area contributed by atoms with Crippen LogP contribution < -0.4 is 5.73 Å². The molecule has 330 valence electrons. The molecule has 0 aliphatic carbocycles. The second kappa shape index (κ2) is 37.9. The fourth-order valence-electron chi connectivity index (χ4n) is 7.00. The Bertz CT molecular complexity index is 997. The van der Waals surface area contributed by atoms with Crippen molar-refractivity contribution in [2.24, 2.45) is 5.73 Å². The number of allylic oxidation sites excluding steroid dienone is 1. The van der Waals surface area contributed by atoms with Crippen LogP contribution in [0.3, 0.4) is 0 Å². The zero-order chi connectivity index (χ0) is 40.8. The molecule has 11 heteroatoms. The summed E-state index contributed by atoms with van der Waals surface area (Å²) in [4.78, 5) is 34.9. The summed E-state index contributed by atoms with van der Waals surface area (Å²) < 4.78 is 38.6. The van der Waals surface area contributed by atoms with Gasteiger partial charge in [0.1, 0.15) is 6.61 Å². The maximum atomic E-state index is 12.6. The number of nitrogens with two attached hydrogens (primary N) is 1. The van der Waals surface area contributed by atoms with Crippen molar-refractivity contribution >= 4 is 19.8 Å². The summed E-state index contributed by atoms with van der Waals surface area (Å²) in [6, 6.07) is 0. The number of epoxide rings is 1. The molecular weight excluding hydrogens is 729 g/mol. The van der Waals surface area contributed by atoms with Gasteiger partial charge < -0.3 is 24.8 Å². The zero-order valence-electron chi connectivity index (χ0n) is 36.1. The predicted molar refractivity (Wildman–Crippen MR) is 229 cm³/mol. The number of phosphoric ester groups is 1. The highest BCUT2D eigenvalue weighted by Gasteiger charge is 2.36. The summed E-state index contributed by atoms with van der Waals surface area (Å²) in [6.07, 6.45) is 41.3. The van der Waals surface area contributed by atoms with Gasteiger partial charge in [-0.2, -0.15) is 0 Å². The number of carbonyl (C=O) groups is 2. The fourth-order valence-corrected chi connectivity index (χ4v) is 7.76. The van der Waals surface area contributed by atoms with Gasteiger partial charge in [-0.05, 0) is 38.5 Å². The van der Waals surface area contributed by atoms with E-state index >= 15 is 0 Å². The maximum absolute atomic E-state index is 12.6. The Kier molecular flexibility index (Phi) is 35.7. The van der Waals surface area contributed by atoms with E-state index in [4.69, 9.17) is 29.0 Å². The van der Waals surface area contributed by atoms with E-state index in [9.17, 15) is 19.0 Å². The van der Waals surface area contributed by atoms with Crippen molar-refractivity contribution < 1.29 is 42.3 Å². The van der Waals surface area contributed by atoms with Gasteiger partial charge in [0.25, 0.3) is 0 Å². The SMILES string of the molecule is CCCCCCCCCCCCCCCCCCCCCC(=O)OC[C@H](COP(=O)(O)OCCN)OC(=O)CCCCCCC/C=C\CC1OC1CCCCC. The first-order chi connectivity index (χ1) is 27.3. The first kappa shape index (κ1) is 52.7. The number of carbonyl (C=O) groups excluding carboxylic acids is 2. The van der Waals surface area contributed by atoms with Crippen LogP contribution in [0.15, 0.2) is 12.2 Å². The molecule has 3 N–H and O–H groups in total. The summed E-state index contributed by atoms with van der Waals surface area (Å²) in [5.41, 5.74) is 5.35. The van der Waals surface area contributed by atoms with Crippen molar-refractivity contribution in [3.05, 3.63) is 12.2 Å². The van der Waals surface area contributed by atoms with Crippen LogP contribution in [0.5, 0.6) is 0 Å². The molecule has 0 bridgehead atoms. The van der Waals surface area contributed by atoms with Gasteiger partial charge in [-0.1, -0.05) is 180 Å². The van der Waals surface area contributed by atoms with Crippen LogP contribution in [0.4, 0.5) is 0 Å². The highest BCUT2D eigenvalue weighted by Crippen LogP contribution is 2.43. The standard InChI is InChI=1S/C45H86NO9P/c1-3-5-7-8-9-10-11-12-13-14-15-16-17-18-19-20-24-27-31-35-44(47)51-39-41(40-53-56(49,50)52-38-37-46)54-45(48)36-32-28-25-22-21-23-26-30-34-43-42(55-43)33-29-6-4-2/h26,30,41-43H,3-25,27-29,31-40,46H2,1-2H3,(H,49,50)/b30-26-/t41-,42?,43?/m1/s1. The number of unbranched alkanes of at least 4 members (excludes halogenated alkanes) is 25. The number of hydrogen-bond acceptors (Lipinski definition) is 9. The van der Waals surface area contributed by atoms with Gasteiger partial charge in [-0.15, -0.1) is 0 Å².